The number of nitro groups is 1. The van der Waals surface area contributed by atoms with E-state index >= 15 is 0 Å². The maximum absolute atomic E-state index is 12.3. The monoisotopic (exact) mass is 471 g/mol. The number of likely N-dealkylation sites (tertiary alicyclic amines) is 1. The molecule has 1 atom stereocenters. The number of hydrogen-bond donors (Lipinski definition) is 3. The fourth-order valence-electron chi connectivity index (χ4n) is 3.66. The van der Waals surface area contributed by atoms with Gasteiger partial charge in [0.25, 0.3) is 5.69 Å². The average molecular weight is 472 g/mol. The molecule has 33 heavy (non-hydrogen) atoms. The first-order valence-corrected chi connectivity index (χ1v) is 11.3. The SMILES string of the molecule is NC(=O)c1ccc(SCC(=O)Nc2ccc(CN3CCCC(C(N)=O)C3)cc2)c([N+](=O)[O-])c1. The lowest BCUT2D eigenvalue weighted by atomic mass is 9.97. The smallest absolute Gasteiger partial charge is 0.283 e. The Morgan fingerprint density at radius 1 is 1.15 bits per heavy atom. The Bertz CT molecular complexity index is 1060. The number of nitrogens with zero attached hydrogens (tertiary/aromatic N) is 2. The molecule has 0 aliphatic carbocycles. The van der Waals surface area contributed by atoms with Gasteiger partial charge < -0.3 is 16.8 Å². The van der Waals surface area contributed by atoms with Crippen molar-refractivity contribution in [3.63, 3.8) is 0 Å². The Hall–Kier alpha value is -3.44. The van der Waals surface area contributed by atoms with Gasteiger partial charge in [0, 0.05) is 30.4 Å². The fourth-order valence-corrected chi connectivity index (χ4v) is 4.46. The van der Waals surface area contributed by atoms with Crippen LogP contribution in [0.15, 0.2) is 47.4 Å². The Kier molecular flexibility index (Phi) is 8.01. The lowest BCUT2D eigenvalue weighted by Gasteiger charge is -2.31. The number of piperidine rings is 1. The summed E-state index contributed by atoms with van der Waals surface area (Å²) in [5.74, 6) is -1.49. The molecule has 1 unspecified atom stereocenters. The van der Waals surface area contributed by atoms with Gasteiger partial charge in [-0.2, -0.15) is 0 Å². The predicted octanol–water partition coefficient (Wildman–Crippen LogP) is 2.12. The molecule has 1 saturated heterocycles. The molecule has 0 spiro atoms. The summed E-state index contributed by atoms with van der Waals surface area (Å²) in [7, 11) is 0. The van der Waals surface area contributed by atoms with Gasteiger partial charge in [0.1, 0.15) is 0 Å². The molecule has 1 fully saturated rings. The molecule has 10 nitrogen and oxygen atoms in total. The van der Waals surface area contributed by atoms with E-state index in [2.05, 4.69) is 10.2 Å². The first-order chi connectivity index (χ1) is 15.7. The molecule has 3 amide bonds. The topological polar surface area (TPSA) is 162 Å². The zero-order valence-corrected chi connectivity index (χ0v) is 18.7. The quantitative estimate of drug-likeness (QED) is 0.287. The Balaban J connectivity index is 1.53. The number of amides is 3. The molecule has 0 bridgehead atoms. The molecule has 5 N–H and O–H groups in total. The predicted molar refractivity (Wildman–Crippen MR) is 125 cm³/mol. The van der Waals surface area contributed by atoms with Crippen molar-refractivity contribution in [1.82, 2.24) is 4.90 Å². The summed E-state index contributed by atoms with van der Waals surface area (Å²) in [5.41, 5.74) is 12.0. The average Bonchev–Trinajstić information content (AvgIpc) is 2.79. The highest BCUT2D eigenvalue weighted by atomic mass is 32.2. The van der Waals surface area contributed by atoms with Gasteiger partial charge in [-0.3, -0.25) is 29.4 Å². The van der Waals surface area contributed by atoms with Crippen LogP contribution in [0, 0.1) is 16.0 Å². The maximum atomic E-state index is 12.3. The van der Waals surface area contributed by atoms with Crippen LogP contribution in [0.2, 0.25) is 0 Å². The van der Waals surface area contributed by atoms with Crippen molar-refractivity contribution in [2.24, 2.45) is 17.4 Å². The van der Waals surface area contributed by atoms with Crippen molar-refractivity contribution in [3.8, 4) is 0 Å². The summed E-state index contributed by atoms with van der Waals surface area (Å²) in [6.45, 7) is 2.25. The molecule has 1 heterocycles. The third-order valence-electron chi connectivity index (χ3n) is 5.35. The molecule has 3 rings (SSSR count). The van der Waals surface area contributed by atoms with Crippen LogP contribution in [-0.4, -0.2) is 46.4 Å². The van der Waals surface area contributed by atoms with E-state index in [-0.39, 0.29) is 39.6 Å². The van der Waals surface area contributed by atoms with Crippen LogP contribution in [0.3, 0.4) is 0 Å². The van der Waals surface area contributed by atoms with Crippen LogP contribution in [0.4, 0.5) is 11.4 Å². The van der Waals surface area contributed by atoms with Gasteiger partial charge in [-0.25, -0.2) is 0 Å². The second-order valence-corrected chi connectivity index (χ2v) is 8.83. The van der Waals surface area contributed by atoms with Crippen molar-refractivity contribution in [2.75, 3.05) is 24.2 Å². The van der Waals surface area contributed by atoms with Crippen LogP contribution in [-0.2, 0) is 16.1 Å². The van der Waals surface area contributed by atoms with Crippen LogP contribution >= 0.6 is 11.8 Å². The van der Waals surface area contributed by atoms with Gasteiger partial charge in [0.05, 0.1) is 21.5 Å². The maximum Gasteiger partial charge on any atom is 0.283 e. The third kappa shape index (κ3) is 6.77. The molecular weight excluding hydrogens is 446 g/mol. The van der Waals surface area contributed by atoms with Crippen LogP contribution < -0.4 is 16.8 Å². The van der Waals surface area contributed by atoms with E-state index in [1.54, 1.807) is 12.1 Å². The molecule has 0 saturated carbocycles. The second-order valence-electron chi connectivity index (χ2n) is 7.81. The summed E-state index contributed by atoms with van der Waals surface area (Å²) in [6.07, 6.45) is 1.76. The Labute approximate surface area is 194 Å². The summed E-state index contributed by atoms with van der Waals surface area (Å²) >= 11 is 1.00. The van der Waals surface area contributed by atoms with E-state index in [0.717, 1.165) is 42.8 Å². The number of nitro benzene ring substituents is 1. The lowest BCUT2D eigenvalue weighted by Crippen LogP contribution is -2.40. The van der Waals surface area contributed by atoms with Crippen molar-refractivity contribution >= 4 is 40.9 Å². The van der Waals surface area contributed by atoms with Crippen LogP contribution in [0.1, 0.15) is 28.8 Å². The molecule has 1 aliphatic rings. The van der Waals surface area contributed by atoms with Crippen LogP contribution in [0.5, 0.6) is 0 Å². The van der Waals surface area contributed by atoms with Gasteiger partial charge in [-0.1, -0.05) is 12.1 Å². The Morgan fingerprint density at radius 2 is 1.88 bits per heavy atom. The largest absolute Gasteiger partial charge is 0.369 e. The van der Waals surface area contributed by atoms with Crippen molar-refractivity contribution in [1.29, 1.82) is 0 Å². The number of carbonyl (C=O) groups excluding carboxylic acids is 3. The first-order valence-electron chi connectivity index (χ1n) is 10.3. The highest BCUT2D eigenvalue weighted by Crippen LogP contribution is 2.30. The minimum atomic E-state index is -0.760. The number of thioether (sulfide) groups is 1. The normalized spacial score (nSPS) is 16.2. The first kappa shape index (κ1) is 24.2. The van der Waals surface area contributed by atoms with Gasteiger partial charge in [-0.05, 0) is 49.2 Å². The molecular formula is C22H25N5O5S. The molecule has 0 radical (unpaired) electrons. The van der Waals surface area contributed by atoms with Crippen molar-refractivity contribution in [3.05, 3.63) is 63.7 Å². The summed E-state index contributed by atoms with van der Waals surface area (Å²) in [6, 6.07) is 11.3. The van der Waals surface area contributed by atoms with E-state index in [0.29, 0.717) is 18.8 Å². The van der Waals surface area contributed by atoms with Crippen molar-refractivity contribution in [2.45, 2.75) is 24.3 Å². The molecule has 2 aromatic carbocycles. The summed E-state index contributed by atoms with van der Waals surface area (Å²) in [5, 5.41) is 14.0. The van der Waals surface area contributed by atoms with E-state index in [1.807, 2.05) is 12.1 Å². The molecule has 1 aliphatic heterocycles. The van der Waals surface area contributed by atoms with E-state index < -0.39 is 10.8 Å². The molecule has 11 heteroatoms. The van der Waals surface area contributed by atoms with E-state index in [1.165, 1.54) is 12.1 Å². The number of nitrogens with two attached hydrogens (primary N) is 2. The fraction of sp³-hybridized carbons (Fsp3) is 0.318. The van der Waals surface area contributed by atoms with Crippen LogP contribution in [0.25, 0.3) is 0 Å². The third-order valence-corrected chi connectivity index (χ3v) is 6.41. The number of primary amides is 2. The van der Waals surface area contributed by atoms with E-state index in [4.69, 9.17) is 11.5 Å². The number of anilines is 1. The van der Waals surface area contributed by atoms with Gasteiger partial charge in [-0.15, -0.1) is 11.8 Å². The number of carbonyl (C=O) groups is 3. The Morgan fingerprint density at radius 3 is 2.52 bits per heavy atom. The standard InChI is InChI=1S/C22H25N5O5S/c23-21(29)15-5-8-19(18(10-15)27(31)32)33-13-20(28)25-17-6-3-14(4-7-17)11-26-9-1-2-16(12-26)22(24)30/h3-8,10,16H,1-2,9,11-13H2,(H2,23,29)(H2,24,30)(H,25,28). The van der Waals surface area contributed by atoms with Gasteiger partial charge in [0.15, 0.2) is 0 Å². The molecule has 174 valence electrons. The number of hydrogen-bond acceptors (Lipinski definition) is 7. The number of rotatable bonds is 9. The zero-order valence-electron chi connectivity index (χ0n) is 17.9. The van der Waals surface area contributed by atoms with Gasteiger partial charge >= 0.3 is 0 Å². The van der Waals surface area contributed by atoms with Gasteiger partial charge in [0.2, 0.25) is 17.7 Å². The minimum Gasteiger partial charge on any atom is -0.369 e. The second kappa shape index (κ2) is 10.9. The molecule has 2 aromatic rings. The van der Waals surface area contributed by atoms with Crippen molar-refractivity contribution < 1.29 is 19.3 Å². The minimum absolute atomic E-state index is 0.0327. The van der Waals surface area contributed by atoms with E-state index in [9.17, 15) is 24.5 Å². The lowest BCUT2D eigenvalue weighted by molar-refractivity contribution is -0.387. The molecule has 0 aromatic heterocycles. The number of nitrogens with one attached hydrogen (secondary N) is 1. The summed E-state index contributed by atoms with van der Waals surface area (Å²) < 4.78 is 0. The highest BCUT2D eigenvalue weighted by Gasteiger charge is 2.24. The zero-order chi connectivity index (χ0) is 24.0. The number of benzene rings is 2. The summed E-state index contributed by atoms with van der Waals surface area (Å²) in [4.78, 5) is 48.1. The highest BCUT2D eigenvalue weighted by molar-refractivity contribution is 8.00.